The van der Waals surface area contributed by atoms with Crippen molar-refractivity contribution in [2.75, 3.05) is 17.2 Å². The fraction of sp³-hybridized carbons (Fsp3) is 0.200. The van der Waals surface area contributed by atoms with Gasteiger partial charge in [0.15, 0.2) is 0 Å². The number of rotatable bonds is 5. The molecular weight excluding hydrogens is 392 g/mol. The van der Waals surface area contributed by atoms with Gasteiger partial charge >= 0.3 is 0 Å². The number of aromatic nitrogens is 2. The Morgan fingerprint density at radius 2 is 1.77 bits per heavy atom. The number of carbonyl (C=O) groups excluding carboxylic acids is 1. The topological polar surface area (TPSA) is 59.0 Å². The molecule has 0 saturated heterocycles. The number of nitrogens with one attached hydrogen (secondary N) is 2. The third-order valence-corrected chi connectivity index (χ3v) is 4.84. The first-order valence-electron chi connectivity index (χ1n) is 8.37. The molecule has 2 N–H and O–H groups in total. The van der Waals surface area contributed by atoms with Crippen LogP contribution in [0.4, 0.5) is 11.4 Å². The second-order valence-corrected chi connectivity index (χ2v) is 7.03. The van der Waals surface area contributed by atoms with E-state index in [0.29, 0.717) is 0 Å². The highest BCUT2D eigenvalue weighted by Crippen LogP contribution is 2.24. The first kappa shape index (κ1) is 18.2. The summed E-state index contributed by atoms with van der Waals surface area (Å²) in [6.45, 7) is 6.08. The molecule has 1 heterocycles. The van der Waals surface area contributed by atoms with Crippen LogP contribution in [-0.2, 0) is 4.79 Å². The van der Waals surface area contributed by atoms with Crippen molar-refractivity contribution in [1.82, 2.24) is 9.78 Å². The van der Waals surface area contributed by atoms with Gasteiger partial charge in [0.05, 0.1) is 29.3 Å². The number of anilines is 2. The number of halogens is 1. The lowest BCUT2D eigenvalue weighted by Gasteiger charge is -2.10. The summed E-state index contributed by atoms with van der Waals surface area (Å²) in [5, 5.41) is 10.7. The van der Waals surface area contributed by atoms with E-state index in [4.69, 9.17) is 0 Å². The van der Waals surface area contributed by atoms with Crippen LogP contribution in [0.5, 0.6) is 0 Å². The fourth-order valence-corrected chi connectivity index (χ4v) is 3.15. The summed E-state index contributed by atoms with van der Waals surface area (Å²) < 4.78 is 2.78. The van der Waals surface area contributed by atoms with Crippen LogP contribution in [0.1, 0.15) is 17.0 Å². The maximum atomic E-state index is 12.4. The lowest BCUT2D eigenvalue weighted by Crippen LogP contribution is -2.22. The molecule has 5 nitrogen and oxygen atoms in total. The molecule has 6 heteroatoms. The molecule has 134 valence electrons. The molecule has 0 atom stereocenters. The van der Waals surface area contributed by atoms with Crippen molar-refractivity contribution in [3.63, 3.8) is 0 Å². The molecule has 1 aromatic heterocycles. The van der Waals surface area contributed by atoms with Crippen LogP contribution in [0, 0.1) is 20.8 Å². The highest BCUT2D eigenvalue weighted by atomic mass is 79.9. The molecule has 1 amide bonds. The van der Waals surface area contributed by atoms with Gasteiger partial charge in [0.1, 0.15) is 0 Å². The molecule has 0 spiro atoms. The van der Waals surface area contributed by atoms with E-state index in [0.717, 1.165) is 32.9 Å². The third-order valence-electron chi connectivity index (χ3n) is 4.15. The average Bonchev–Trinajstić information content (AvgIpc) is 2.90. The van der Waals surface area contributed by atoms with E-state index < -0.39 is 0 Å². The number of benzene rings is 2. The van der Waals surface area contributed by atoms with Crippen molar-refractivity contribution in [2.24, 2.45) is 0 Å². The van der Waals surface area contributed by atoms with E-state index in [1.807, 2.05) is 67.1 Å². The predicted octanol–water partition coefficient (Wildman–Crippen LogP) is 4.61. The Labute approximate surface area is 161 Å². The number of carbonyl (C=O) groups is 1. The molecule has 0 unspecified atom stereocenters. The van der Waals surface area contributed by atoms with Crippen LogP contribution in [0.2, 0.25) is 0 Å². The van der Waals surface area contributed by atoms with E-state index in [9.17, 15) is 4.79 Å². The molecule has 3 aromatic rings. The molecule has 26 heavy (non-hydrogen) atoms. The van der Waals surface area contributed by atoms with Crippen LogP contribution in [0.15, 0.2) is 53.0 Å². The summed E-state index contributed by atoms with van der Waals surface area (Å²) in [5.74, 6) is -0.115. The Morgan fingerprint density at radius 3 is 2.46 bits per heavy atom. The molecule has 0 bridgehead atoms. The SMILES string of the molecule is Cc1ccc(-n2nc(C)c(NC(=O)CNc3ccccc3Br)c2C)cc1. The van der Waals surface area contributed by atoms with Crippen molar-refractivity contribution in [1.29, 1.82) is 0 Å². The maximum Gasteiger partial charge on any atom is 0.243 e. The zero-order valence-electron chi connectivity index (χ0n) is 15.0. The van der Waals surface area contributed by atoms with Gasteiger partial charge in [0.25, 0.3) is 0 Å². The summed E-state index contributed by atoms with van der Waals surface area (Å²) in [5.41, 5.74) is 5.50. The number of amides is 1. The van der Waals surface area contributed by atoms with E-state index in [1.165, 1.54) is 5.56 Å². The van der Waals surface area contributed by atoms with Crippen molar-refractivity contribution in [3.05, 3.63) is 70.0 Å². The maximum absolute atomic E-state index is 12.4. The lowest BCUT2D eigenvalue weighted by molar-refractivity contribution is -0.114. The average molecular weight is 413 g/mol. The van der Waals surface area contributed by atoms with Gasteiger partial charge in [-0.2, -0.15) is 5.10 Å². The Hall–Kier alpha value is -2.60. The molecule has 3 rings (SSSR count). The van der Waals surface area contributed by atoms with Crippen molar-refractivity contribution >= 4 is 33.2 Å². The second kappa shape index (κ2) is 7.74. The fourth-order valence-electron chi connectivity index (χ4n) is 2.72. The van der Waals surface area contributed by atoms with E-state index >= 15 is 0 Å². The lowest BCUT2D eigenvalue weighted by atomic mass is 10.2. The molecule has 0 saturated carbocycles. The number of hydrogen-bond donors (Lipinski definition) is 2. The van der Waals surface area contributed by atoms with Crippen LogP contribution >= 0.6 is 15.9 Å². The second-order valence-electron chi connectivity index (χ2n) is 6.17. The third kappa shape index (κ3) is 3.96. The van der Waals surface area contributed by atoms with E-state index in [2.05, 4.69) is 38.6 Å². The number of para-hydroxylation sites is 1. The Balaban J connectivity index is 1.72. The van der Waals surface area contributed by atoms with Crippen molar-refractivity contribution < 1.29 is 4.79 Å². The number of nitrogens with zero attached hydrogens (tertiary/aromatic N) is 2. The first-order chi connectivity index (χ1) is 12.5. The quantitative estimate of drug-likeness (QED) is 0.642. The van der Waals surface area contributed by atoms with Gasteiger partial charge < -0.3 is 10.6 Å². The van der Waals surface area contributed by atoms with Gasteiger partial charge in [-0.15, -0.1) is 0 Å². The van der Waals surface area contributed by atoms with Gasteiger partial charge in [-0.1, -0.05) is 29.8 Å². The minimum atomic E-state index is -0.115. The molecular formula is C20H21BrN4O. The summed E-state index contributed by atoms with van der Waals surface area (Å²) in [7, 11) is 0. The van der Waals surface area contributed by atoms with Gasteiger partial charge in [-0.3, -0.25) is 4.79 Å². The molecule has 2 aromatic carbocycles. The van der Waals surface area contributed by atoms with Crippen LogP contribution in [-0.4, -0.2) is 22.2 Å². The predicted molar refractivity (Wildman–Crippen MR) is 109 cm³/mol. The Kier molecular flexibility index (Phi) is 5.42. The molecule has 0 aliphatic rings. The number of hydrogen-bond acceptors (Lipinski definition) is 3. The van der Waals surface area contributed by atoms with Crippen LogP contribution in [0.3, 0.4) is 0 Å². The number of aryl methyl sites for hydroxylation is 2. The minimum Gasteiger partial charge on any atom is -0.375 e. The van der Waals surface area contributed by atoms with E-state index in [1.54, 1.807) is 0 Å². The van der Waals surface area contributed by atoms with Crippen LogP contribution in [0.25, 0.3) is 5.69 Å². The smallest absolute Gasteiger partial charge is 0.243 e. The highest BCUT2D eigenvalue weighted by molar-refractivity contribution is 9.10. The molecule has 0 aliphatic heterocycles. The summed E-state index contributed by atoms with van der Waals surface area (Å²) in [4.78, 5) is 12.4. The van der Waals surface area contributed by atoms with Gasteiger partial charge in [-0.05, 0) is 61.0 Å². The Bertz CT molecular complexity index is 931. The summed E-state index contributed by atoms with van der Waals surface area (Å²) in [6.07, 6.45) is 0. The highest BCUT2D eigenvalue weighted by Gasteiger charge is 2.15. The van der Waals surface area contributed by atoms with Gasteiger partial charge in [0.2, 0.25) is 5.91 Å². The summed E-state index contributed by atoms with van der Waals surface area (Å²) >= 11 is 3.46. The van der Waals surface area contributed by atoms with Crippen molar-refractivity contribution in [2.45, 2.75) is 20.8 Å². The molecule has 0 fully saturated rings. The largest absolute Gasteiger partial charge is 0.375 e. The van der Waals surface area contributed by atoms with Gasteiger partial charge in [-0.25, -0.2) is 4.68 Å². The van der Waals surface area contributed by atoms with Crippen molar-refractivity contribution in [3.8, 4) is 5.69 Å². The molecule has 0 radical (unpaired) electrons. The Morgan fingerprint density at radius 1 is 1.08 bits per heavy atom. The minimum absolute atomic E-state index is 0.115. The molecule has 0 aliphatic carbocycles. The zero-order chi connectivity index (χ0) is 18.7. The normalized spacial score (nSPS) is 10.6. The van der Waals surface area contributed by atoms with E-state index in [-0.39, 0.29) is 12.5 Å². The van der Waals surface area contributed by atoms with Gasteiger partial charge in [0, 0.05) is 10.2 Å². The zero-order valence-corrected chi connectivity index (χ0v) is 16.6. The monoisotopic (exact) mass is 412 g/mol. The standard InChI is InChI=1S/C20H21BrN4O/c1-13-8-10-16(11-9-13)25-15(3)20(14(2)24-25)23-19(26)12-22-18-7-5-4-6-17(18)21/h4-11,22H,12H2,1-3H3,(H,23,26). The summed E-state index contributed by atoms with van der Waals surface area (Å²) in [6, 6.07) is 15.8. The first-order valence-corrected chi connectivity index (χ1v) is 9.16. The van der Waals surface area contributed by atoms with Crippen LogP contribution < -0.4 is 10.6 Å².